The number of carbonyl (C=O) groups excluding carboxylic acids is 1. The molecule has 4 aliphatic carbocycles. The summed E-state index contributed by atoms with van der Waals surface area (Å²) >= 11 is 6.14. The van der Waals surface area contributed by atoms with Crippen molar-refractivity contribution < 1.29 is 14.8 Å². The van der Waals surface area contributed by atoms with Gasteiger partial charge in [-0.15, -0.1) is 0 Å². The van der Waals surface area contributed by atoms with Gasteiger partial charge in [0.05, 0.1) is 16.3 Å². The van der Waals surface area contributed by atoms with Crippen molar-refractivity contribution in [1.82, 2.24) is 9.78 Å². The SMILES string of the molecule is Cc1c(Cl)c([N+](=O)[O-])nn1C12C[C@@H]3C[C@@H](CC(CC(=O)[O-])(C3)C1)C2. The molecule has 0 N–H and O–H groups in total. The summed E-state index contributed by atoms with van der Waals surface area (Å²) in [7, 11) is 0. The van der Waals surface area contributed by atoms with Crippen LogP contribution in [0, 0.1) is 34.3 Å². The molecule has 130 valence electrons. The average Bonchev–Trinajstić information content (AvgIpc) is 2.73. The van der Waals surface area contributed by atoms with Gasteiger partial charge in [-0.1, -0.05) is 11.6 Å². The Morgan fingerprint density at radius 3 is 2.50 bits per heavy atom. The molecule has 1 aromatic heterocycles. The van der Waals surface area contributed by atoms with E-state index in [2.05, 4.69) is 5.10 Å². The highest BCUT2D eigenvalue weighted by atomic mass is 35.5. The van der Waals surface area contributed by atoms with Gasteiger partial charge < -0.3 is 20.0 Å². The number of hydrogen-bond acceptors (Lipinski definition) is 5. The first-order valence-electron chi connectivity index (χ1n) is 8.33. The Hall–Kier alpha value is -1.63. The van der Waals surface area contributed by atoms with Crippen LogP contribution >= 0.6 is 11.6 Å². The molecule has 0 aliphatic heterocycles. The monoisotopic (exact) mass is 352 g/mol. The van der Waals surface area contributed by atoms with E-state index in [0.717, 1.165) is 32.1 Å². The summed E-state index contributed by atoms with van der Waals surface area (Å²) in [6, 6.07) is 0. The third-order valence-corrected chi connectivity index (χ3v) is 6.76. The number of hydrogen-bond donors (Lipinski definition) is 0. The number of nitro groups is 1. The van der Waals surface area contributed by atoms with Crippen LogP contribution in [0.15, 0.2) is 0 Å². The lowest BCUT2D eigenvalue weighted by Crippen LogP contribution is -2.58. The van der Waals surface area contributed by atoms with E-state index in [9.17, 15) is 20.0 Å². The van der Waals surface area contributed by atoms with E-state index >= 15 is 0 Å². The minimum atomic E-state index is -1.01. The van der Waals surface area contributed by atoms with Gasteiger partial charge in [0.15, 0.2) is 5.02 Å². The Labute approximate surface area is 144 Å². The van der Waals surface area contributed by atoms with Gasteiger partial charge in [-0.25, -0.2) is 0 Å². The Bertz CT molecular complexity index is 730. The van der Waals surface area contributed by atoms with Crippen molar-refractivity contribution in [1.29, 1.82) is 0 Å². The maximum absolute atomic E-state index is 11.3. The average molecular weight is 353 g/mol. The first kappa shape index (κ1) is 15.9. The normalized spacial score (nSPS) is 36.9. The standard InChI is InChI=1S/C16H20ClN3O4/c1-9-13(17)14(20(23)24)18-19(9)16-5-10-2-11(6-16)4-15(3-10,8-16)7-12(21)22/h10-11H,2-8H2,1H3,(H,21,22)/p-1/t10-,11+,15?,16?. The van der Waals surface area contributed by atoms with Crippen LogP contribution in [0.4, 0.5) is 5.82 Å². The van der Waals surface area contributed by atoms with Crippen molar-refractivity contribution in [2.24, 2.45) is 17.3 Å². The fraction of sp³-hybridized carbons (Fsp3) is 0.750. The molecule has 0 spiro atoms. The molecule has 2 unspecified atom stereocenters. The summed E-state index contributed by atoms with van der Waals surface area (Å²) < 4.78 is 1.75. The van der Waals surface area contributed by atoms with Crippen molar-refractivity contribution in [2.45, 2.75) is 57.4 Å². The van der Waals surface area contributed by atoms with Crippen LogP contribution in [-0.4, -0.2) is 20.7 Å². The maximum Gasteiger partial charge on any atom is 0.408 e. The van der Waals surface area contributed by atoms with Crippen LogP contribution in [0.3, 0.4) is 0 Å². The number of aromatic nitrogens is 2. The lowest BCUT2D eigenvalue weighted by Gasteiger charge is -2.61. The third kappa shape index (κ3) is 2.17. The van der Waals surface area contributed by atoms with E-state index in [0.29, 0.717) is 24.0 Å². The van der Waals surface area contributed by atoms with E-state index in [1.807, 2.05) is 0 Å². The summed E-state index contributed by atoms with van der Waals surface area (Å²) in [5.41, 5.74) is -0.00159. The number of halogens is 1. The highest BCUT2D eigenvalue weighted by Gasteiger charge is 2.60. The highest BCUT2D eigenvalue weighted by molar-refractivity contribution is 6.33. The van der Waals surface area contributed by atoms with Crippen molar-refractivity contribution >= 4 is 23.4 Å². The molecule has 0 radical (unpaired) electrons. The topological polar surface area (TPSA) is 101 Å². The quantitative estimate of drug-likeness (QED) is 0.610. The van der Waals surface area contributed by atoms with E-state index < -0.39 is 10.9 Å². The minimum absolute atomic E-state index is 0.0674. The lowest BCUT2D eigenvalue weighted by atomic mass is 9.46. The van der Waals surface area contributed by atoms with E-state index in [1.165, 1.54) is 0 Å². The van der Waals surface area contributed by atoms with E-state index in [1.54, 1.807) is 11.6 Å². The van der Waals surface area contributed by atoms with Gasteiger partial charge in [0, 0.05) is 5.97 Å². The van der Waals surface area contributed by atoms with Gasteiger partial charge in [0.2, 0.25) is 0 Å². The van der Waals surface area contributed by atoms with Crippen LogP contribution in [0.25, 0.3) is 0 Å². The number of rotatable bonds is 4. The predicted octanol–water partition coefficient (Wildman–Crippen LogP) is 2.19. The fourth-order valence-corrected chi connectivity index (χ4v) is 6.40. The van der Waals surface area contributed by atoms with Gasteiger partial charge in [-0.2, -0.15) is 4.68 Å². The molecule has 8 heteroatoms. The Morgan fingerprint density at radius 2 is 2.00 bits per heavy atom. The van der Waals surface area contributed by atoms with Gasteiger partial charge in [-0.05, 0) is 74.0 Å². The van der Waals surface area contributed by atoms with Crippen LogP contribution in [-0.2, 0) is 10.3 Å². The van der Waals surface area contributed by atoms with Crippen molar-refractivity contribution in [3.63, 3.8) is 0 Å². The largest absolute Gasteiger partial charge is 0.550 e. The molecule has 0 amide bonds. The van der Waals surface area contributed by atoms with E-state index in [4.69, 9.17) is 11.6 Å². The number of nitrogens with zero attached hydrogens (tertiary/aromatic N) is 3. The van der Waals surface area contributed by atoms with Gasteiger partial charge in [0.25, 0.3) is 0 Å². The van der Waals surface area contributed by atoms with E-state index in [-0.39, 0.29) is 28.2 Å². The number of aliphatic carboxylic acids is 1. The molecule has 0 saturated heterocycles. The molecule has 0 aromatic carbocycles. The lowest BCUT2D eigenvalue weighted by molar-refractivity contribution is -0.390. The summed E-state index contributed by atoms with van der Waals surface area (Å²) in [5, 5.41) is 26.8. The Balaban J connectivity index is 1.79. The van der Waals surface area contributed by atoms with Crippen molar-refractivity contribution in [3.8, 4) is 0 Å². The molecule has 1 heterocycles. The molecule has 1 aromatic rings. The maximum atomic E-state index is 11.3. The van der Waals surface area contributed by atoms with Crippen LogP contribution in [0.2, 0.25) is 5.02 Å². The molecule has 4 atom stereocenters. The van der Waals surface area contributed by atoms with Gasteiger partial charge >= 0.3 is 5.82 Å². The molecular formula is C16H19ClN3O4-. The fourth-order valence-electron chi connectivity index (χ4n) is 6.21. The molecule has 4 aliphatic rings. The number of carboxylic acids is 1. The first-order valence-corrected chi connectivity index (χ1v) is 8.71. The summed E-state index contributed by atoms with van der Waals surface area (Å²) in [4.78, 5) is 21.9. The second-order valence-electron chi connectivity index (χ2n) is 8.13. The third-order valence-electron chi connectivity index (χ3n) is 6.32. The second-order valence-corrected chi connectivity index (χ2v) is 8.50. The summed E-state index contributed by atoms with van der Waals surface area (Å²) in [5.74, 6) is -0.411. The Kier molecular flexibility index (Phi) is 3.27. The highest BCUT2D eigenvalue weighted by Crippen LogP contribution is 2.65. The van der Waals surface area contributed by atoms with Crippen molar-refractivity contribution in [2.75, 3.05) is 0 Å². The molecular weight excluding hydrogens is 334 g/mol. The number of carbonyl (C=O) groups is 1. The smallest absolute Gasteiger partial charge is 0.408 e. The number of carboxylic acid groups (broad SMARTS) is 1. The zero-order valence-corrected chi connectivity index (χ0v) is 14.2. The predicted molar refractivity (Wildman–Crippen MR) is 83.3 cm³/mol. The molecule has 4 saturated carbocycles. The molecule has 7 nitrogen and oxygen atoms in total. The molecule has 24 heavy (non-hydrogen) atoms. The molecule has 4 fully saturated rings. The van der Waals surface area contributed by atoms with Crippen LogP contribution in [0.1, 0.15) is 50.6 Å². The molecule has 5 rings (SSSR count). The van der Waals surface area contributed by atoms with Crippen LogP contribution < -0.4 is 5.11 Å². The summed E-state index contributed by atoms with van der Waals surface area (Å²) in [6.07, 6.45) is 5.49. The first-order chi connectivity index (χ1) is 11.2. The van der Waals surface area contributed by atoms with Crippen molar-refractivity contribution in [3.05, 3.63) is 20.8 Å². The summed E-state index contributed by atoms with van der Waals surface area (Å²) in [6.45, 7) is 1.76. The zero-order valence-electron chi connectivity index (χ0n) is 13.5. The van der Waals surface area contributed by atoms with Gasteiger partial charge in [-0.3, -0.25) is 0 Å². The second kappa shape index (κ2) is 4.94. The zero-order chi connectivity index (χ0) is 17.3. The Morgan fingerprint density at radius 1 is 1.38 bits per heavy atom. The minimum Gasteiger partial charge on any atom is -0.550 e. The van der Waals surface area contributed by atoms with Gasteiger partial charge in [0.1, 0.15) is 0 Å². The van der Waals surface area contributed by atoms with Crippen LogP contribution in [0.5, 0.6) is 0 Å². The molecule has 4 bridgehead atoms.